The molecule has 0 aliphatic carbocycles. The van der Waals surface area contributed by atoms with Gasteiger partial charge in [0.05, 0.1) is 18.4 Å². The molecule has 0 atom stereocenters. The molecule has 4 aromatic rings. The average molecular weight is 326 g/mol. The predicted octanol–water partition coefficient (Wildman–Crippen LogP) is 5.42. The van der Waals surface area contributed by atoms with Gasteiger partial charge in [-0.15, -0.1) is 0 Å². The first-order chi connectivity index (χ1) is 11.2. The van der Waals surface area contributed by atoms with E-state index >= 15 is 0 Å². The summed E-state index contributed by atoms with van der Waals surface area (Å²) < 4.78 is 16.4. The van der Waals surface area contributed by atoms with Gasteiger partial charge < -0.3 is 13.6 Å². The summed E-state index contributed by atoms with van der Waals surface area (Å²) in [6, 6.07) is 15.0. The highest BCUT2D eigenvalue weighted by atomic mass is 35.5. The van der Waals surface area contributed by atoms with Crippen molar-refractivity contribution in [3.8, 4) is 28.5 Å². The third-order valence-electron chi connectivity index (χ3n) is 3.59. The van der Waals surface area contributed by atoms with Crippen molar-refractivity contribution in [3.05, 3.63) is 59.8 Å². The smallest absolute Gasteiger partial charge is 0.227 e. The van der Waals surface area contributed by atoms with Crippen molar-refractivity contribution < 1.29 is 13.6 Å². The molecule has 23 heavy (non-hydrogen) atoms. The number of halogens is 1. The second kappa shape index (κ2) is 5.48. The van der Waals surface area contributed by atoms with E-state index in [0.717, 1.165) is 22.4 Å². The van der Waals surface area contributed by atoms with Gasteiger partial charge in [-0.2, -0.15) is 0 Å². The summed E-state index contributed by atoms with van der Waals surface area (Å²) >= 11 is 6.16. The van der Waals surface area contributed by atoms with Gasteiger partial charge in [0.2, 0.25) is 5.89 Å². The molecule has 2 aromatic carbocycles. The fraction of sp³-hybridized carbons (Fsp3) is 0.0556. The Morgan fingerprint density at radius 3 is 2.65 bits per heavy atom. The van der Waals surface area contributed by atoms with E-state index in [9.17, 15) is 0 Å². The van der Waals surface area contributed by atoms with Gasteiger partial charge in [-0.05, 0) is 48.5 Å². The topological polar surface area (TPSA) is 48.4 Å². The van der Waals surface area contributed by atoms with Crippen LogP contribution in [0.1, 0.15) is 0 Å². The van der Waals surface area contributed by atoms with Gasteiger partial charge >= 0.3 is 0 Å². The first kappa shape index (κ1) is 13.9. The largest absolute Gasteiger partial charge is 0.495 e. The van der Waals surface area contributed by atoms with Crippen LogP contribution in [0.3, 0.4) is 0 Å². The average Bonchev–Trinajstić information content (AvgIpc) is 3.23. The highest BCUT2D eigenvalue weighted by molar-refractivity contribution is 6.32. The standard InChI is InChI=1S/C18H12ClNO3/c1-21-16-6-5-12(9-13(16)19)18-20-14-10-11(4-7-17(14)23-18)15-3-2-8-22-15/h2-10H,1H3. The molecule has 0 bridgehead atoms. The van der Waals surface area contributed by atoms with E-state index in [1.54, 1.807) is 25.5 Å². The summed E-state index contributed by atoms with van der Waals surface area (Å²) in [5, 5.41) is 0.517. The van der Waals surface area contributed by atoms with Gasteiger partial charge in [0.15, 0.2) is 5.58 Å². The molecular formula is C18H12ClNO3. The molecule has 0 saturated heterocycles. The van der Waals surface area contributed by atoms with Crippen molar-refractivity contribution in [1.29, 1.82) is 0 Å². The zero-order chi connectivity index (χ0) is 15.8. The van der Waals surface area contributed by atoms with Crippen molar-refractivity contribution in [2.24, 2.45) is 0 Å². The lowest BCUT2D eigenvalue weighted by atomic mass is 10.1. The highest BCUT2D eigenvalue weighted by Gasteiger charge is 2.12. The highest BCUT2D eigenvalue weighted by Crippen LogP contribution is 2.32. The summed E-state index contributed by atoms with van der Waals surface area (Å²) in [5.74, 6) is 1.93. The fourth-order valence-electron chi connectivity index (χ4n) is 2.45. The third-order valence-corrected chi connectivity index (χ3v) is 3.89. The molecule has 0 fully saturated rings. The quantitative estimate of drug-likeness (QED) is 0.505. The minimum absolute atomic E-state index is 0.515. The lowest BCUT2D eigenvalue weighted by molar-refractivity contribution is 0.415. The Labute approximate surface area is 137 Å². The summed E-state index contributed by atoms with van der Waals surface area (Å²) in [4.78, 5) is 4.54. The Morgan fingerprint density at radius 1 is 1.04 bits per heavy atom. The lowest BCUT2D eigenvalue weighted by Crippen LogP contribution is -1.85. The number of oxazole rings is 1. The van der Waals surface area contributed by atoms with Crippen LogP contribution in [0.4, 0.5) is 0 Å². The molecular weight excluding hydrogens is 314 g/mol. The Balaban J connectivity index is 1.78. The minimum Gasteiger partial charge on any atom is -0.495 e. The number of ether oxygens (including phenoxy) is 1. The molecule has 0 N–H and O–H groups in total. The van der Waals surface area contributed by atoms with Crippen molar-refractivity contribution in [3.63, 3.8) is 0 Å². The van der Waals surface area contributed by atoms with E-state index < -0.39 is 0 Å². The zero-order valence-corrected chi connectivity index (χ0v) is 13.0. The maximum atomic E-state index is 6.16. The molecule has 0 aliphatic rings. The molecule has 2 heterocycles. The molecule has 0 aliphatic heterocycles. The molecule has 4 nitrogen and oxygen atoms in total. The van der Waals surface area contributed by atoms with Gasteiger partial charge in [0.1, 0.15) is 17.0 Å². The predicted molar refractivity (Wildman–Crippen MR) is 88.7 cm³/mol. The molecule has 114 valence electrons. The summed E-state index contributed by atoms with van der Waals surface area (Å²) in [5.41, 5.74) is 3.23. The number of nitrogens with zero attached hydrogens (tertiary/aromatic N) is 1. The van der Waals surface area contributed by atoms with Gasteiger partial charge in [0, 0.05) is 11.1 Å². The first-order valence-electron chi connectivity index (χ1n) is 7.03. The van der Waals surface area contributed by atoms with E-state index in [4.69, 9.17) is 25.2 Å². The number of fused-ring (bicyclic) bond motifs is 1. The second-order valence-electron chi connectivity index (χ2n) is 5.03. The van der Waals surface area contributed by atoms with Gasteiger partial charge in [-0.3, -0.25) is 0 Å². The van der Waals surface area contributed by atoms with Gasteiger partial charge in [0.25, 0.3) is 0 Å². The number of rotatable bonds is 3. The summed E-state index contributed by atoms with van der Waals surface area (Å²) in [6.07, 6.45) is 1.65. The van der Waals surface area contributed by atoms with Crippen molar-refractivity contribution >= 4 is 22.7 Å². The van der Waals surface area contributed by atoms with Crippen LogP contribution in [0.25, 0.3) is 33.9 Å². The van der Waals surface area contributed by atoms with Gasteiger partial charge in [-0.1, -0.05) is 11.6 Å². The molecule has 0 amide bonds. The summed E-state index contributed by atoms with van der Waals surface area (Å²) in [7, 11) is 1.58. The first-order valence-corrected chi connectivity index (χ1v) is 7.41. The molecule has 0 saturated carbocycles. The number of benzene rings is 2. The maximum absolute atomic E-state index is 6.16. The minimum atomic E-state index is 0.515. The number of hydrogen-bond donors (Lipinski definition) is 0. The van der Waals surface area contributed by atoms with Crippen LogP contribution in [-0.2, 0) is 0 Å². The number of furan rings is 1. The van der Waals surface area contributed by atoms with Crippen LogP contribution in [-0.4, -0.2) is 12.1 Å². The second-order valence-corrected chi connectivity index (χ2v) is 5.44. The van der Waals surface area contributed by atoms with Crippen LogP contribution in [0.15, 0.2) is 63.6 Å². The number of methoxy groups -OCH3 is 1. The van der Waals surface area contributed by atoms with Gasteiger partial charge in [-0.25, -0.2) is 4.98 Å². The number of hydrogen-bond acceptors (Lipinski definition) is 4. The summed E-state index contributed by atoms with van der Waals surface area (Å²) in [6.45, 7) is 0. The Kier molecular flexibility index (Phi) is 3.32. The SMILES string of the molecule is COc1ccc(-c2nc3cc(-c4ccco4)ccc3o2)cc1Cl. The fourth-order valence-corrected chi connectivity index (χ4v) is 2.70. The Bertz CT molecular complexity index is 973. The monoisotopic (exact) mass is 325 g/mol. The van der Waals surface area contributed by atoms with Crippen LogP contribution >= 0.6 is 11.6 Å². The van der Waals surface area contributed by atoms with Crippen molar-refractivity contribution in [2.45, 2.75) is 0 Å². The molecule has 0 spiro atoms. The van der Waals surface area contributed by atoms with Crippen LogP contribution < -0.4 is 4.74 Å². The van der Waals surface area contributed by atoms with Crippen LogP contribution in [0, 0.1) is 0 Å². The van der Waals surface area contributed by atoms with E-state index in [0.29, 0.717) is 22.2 Å². The van der Waals surface area contributed by atoms with Crippen molar-refractivity contribution in [2.75, 3.05) is 7.11 Å². The molecule has 5 heteroatoms. The van der Waals surface area contributed by atoms with Crippen LogP contribution in [0.5, 0.6) is 5.75 Å². The molecule has 0 radical (unpaired) electrons. The van der Waals surface area contributed by atoms with E-state index in [-0.39, 0.29) is 0 Å². The lowest BCUT2D eigenvalue weighted by Gasteiger charge is -2.03. The zero-order valence-electron chi connectivity index (χ0n) is 12.2. The normalized spacial score (nSPS) is 11.0. The molecule has 0 unspecified atom stereocenters. The maximum Gasteiger partial charge on any atom is 0.227 e. The van der Waals surface area contributed by atoms with E-state index in [1.165, 1.54) is 0 Å². The van der Waals surface area contributed by atoms with Crippen molar-refractivity contribution in [1.82, 2.24) is 4.98 Å². The Hall–Kier alpha value is -2.72. The molecule has 2 aromatic heterocycles. The van der Waals surface area contributed by atoms with E-state index in [2.05, 4.69) is 4.98 Å². The molecule has 4 rings (SSSR count). The van der Waals surface area contributed by atoms with E-state index in [1.807, 2.05) is 36.4 Å². The Morgan fingerprint density at radius 2 is 1.91 bits per heavy atom. The number of aromatic nitrogens is 1. The third kappa shape index (κ3) is 2.47. The van der Waals surface area contributed by atoms with Crippen LogP contribution in [0.2, 0.25) is 5.02 Å².